The number of phenols is 1. The van der Waals surface area contributed by atoms with Gasteiger partial charge in [-0.1, -0.05) is 37.3 Å². The third kappa shape index (κ3) is 3.65. The van der Waals surface area contributed by atoms with E-state index in [1.165, 1.54) is 0 Å². The summed E-state index contributed by atoms with van der Waals surface area (Å²) in [5, 5.41) is 14.6. The van der Waals surface area contributed by atoms with Gasteiger partial charge in [0, 0.05) is 29.1 Å². The summed E-state index contributed by atoms with van der Waals surface area (Å²) < 4.78 is 6.18. The zero-order valence-corrected chi connectivity index (χ0v) is 17.7. The van der Waals surface area contributed by atoms with Gasteiger partial charge in [-0.25, -0.2) is 9.97 Å². The second-order valence-electron chi connectivity index (χ2n) is 7.80. The summed E-state index contributed by atoms with van der Waals surface area (Å²) in [6.45, 7) is 2.69. The van der Waals surface area contributed by atoms with E-state index in [0.29, 0.717) is 23.9 Å². The summed E-state index contributed by atoms with van der Waals surface area (Å²) in [7, 11) is 0. The van der Waals surface area contributed by atoms with Crippen LogP contribution < -0.4 is 11.1 Å². The summed E-state index contributed by atoms with van der Waals surface area (Å²) in [5.41, 5.74) is 9.54. The fourth-order valence-electron chi connectivity index (χ4n) is 3.79. The monoisotopic (exact) mass is 424 g/mol. The van der Waals surface area contributed by atoms with Gasteiger partial charge in [0.2, 0.25) is 0 Å². The maximum absolute atomic E-state index is 10.2. The second kappa shape index (κ2) is 8.32. The van der Waals surface area contributed by atoms with Gasteiger partial charge < -0.3 is 20.6 Å². The lowest BCUT2D eigenvalue weighted by Crippen LogP contribution is -2.28. The predicted octanol–water partition coefficient (Wildman–Crippen LogP) is 5.52. The van der Waals surface area contributed by atoms with E-state index in [2.05, 4.69) is 12.2 Å². The third-order valence-corrected chi connectivity index (χ3v) is 5.65. The van der Waals surface area contributed by atoms with Crippen molar-refractivity contribution < 1.29 is 9.52 Å². The first-order valence-corrected chi connectivity index (χ1v) is 10.7. The number of fused-ring (bicyclic) bond motifs is 2. The Labute approximate surface area is 186 Å². The number of phenolic OH excluding ortho intramolecular Hbond substituents is 1. The van der Waals surface area contributed by atoms with E-state index in [4.69, 9.17) is 20.1 Å². The first-order chi connectivity index (χ1) is 15.6. The number of nitrogens with one attached hydrogen (secondary N) is 1. The largest absolute Gasteiger partial charge is 0.507 e. The Balaban J connectivity index is 1.57. The van der Waals surface area contributed by atoms with Gasteiger partial charge in [-0.2, -0.15) is 0 Å². The van der Waals surface area contributed by atoms with Gasteiger partial charge in [-0.05, 0) is 54.4 Å². The minimum absolute atomic E-state index is 0.0466. The van der Waals surface area contributed by atoms with Crippen molar-refractivity contribution in [3.05, 3.63) is 72.8 Å². The zero-order valence-electron chi connectivity index (χ0n) is 17.7. The molecule has 160 valence electrons. The molecule has 2 aromatic carbocycles. The van der Waals surface area contributed by atoms with E-state index >= 15 is 0 Å². The van der Waals surface area contributed by atoms with E-state index in [1.807, 2.05) is 66.7 Å². The van der Waals surface area contributed by atoms with E-state index in [0.717, 1.165) is 39.8 Å². The van der Waals surface area contributed by atoms with Crippen LogP contribution >= 0.6 is 0 Å². The van der Waals surface area contributed by atoms with Crippen molar-refractivity contribution >= 4 is 16.7 Å². The molecule has 4 N–H and O–H groups in total. The molecule has 0 saturated carbocycles. The molecule has 0 saturated heterocycles. The fourth-order valence-corrected chi connectivity index (χ4v) is 3.79. The molecule has 2 aliphatic rings. The zero-order chi connectivity index (χ0) is 22.1. The lowest BCUT2D eigenvalue weighted by atomic mass is 10.0. The molecule has 6 nitrogen and oxygen atoms in total. The molecule has 0 unspecified atom stereocenters. The summed E-state index contributed by atoms with van der Waals surface area (Å²) in [5.74, 6) is 2.76. The molecular weight excluding hydrogens is 400 g/mol. The summed E-state index contributed by atoms with van der Waals surface area (Å²) in [6.07, 6.45) is 0.880. The minimum atomic E-state index is 0.0466. The van der Waals surface area contributed by atoms with Gasteiger partial charge in [0.15, 0.2) is 11.6 Å². The number of para-hydroxylation sites is 2. The first-order valence-electron chi connectivity index (χ1n) is 10.7. The van der Waals surface area contributed by atoms with Crippen LogP contribution in [0.5, 0.6) is 5.75 Å². The number of hydrogen-bond donors (Lipinski definition) is 3. The highest BCUT2D eigenvalue weighted by Crippen LogP contribution is 2.41. The molecule has 6 heteroatoms. The Hall–Kier alpha value is -3.90. The van der Waals surface area contributed by atoms with Crippen molar-refractivity contribution in [2.45, 2.75) is 19.4 Å². The average Bonchev–Trinajstić information content (AvgIpc) is 3.25. The van der Waals surface area contributed by atoms with Gasteiger partial charge in [0.25, 0.3) is 0 Å². The predicted molar refractivity (Wildman–Crippen MR) is 128 cm³/mol. The molecule has 1 aliphatic carbocycles. The smallest absolute Gasteiger partial charge is 0.198 e. The maximum atomic E-state index is 10.2. The Morgan fingerprint density at radius 2 is 1.62 bits per heavy atom. The molecule has 3 aromatic rings. The Kier molecular flexibility index (Phi) is 5.21. The van der Waals surface area contributed by atoms with Crippen molar-refractivity contribution in [3.8, 4) is 39.8 Å². The molecule has 0 amide bonds. The molecule has 32 heavy (non-hydrogen) atoms. The van der Waals surface area contributed by atoms with Crippen LogP contribution in [0.4, 0.5) is 5.82 Å². The van der Waals surface area contributed by atoms with Gasteiger partial charge in [0.1, 0.15) is 17.3 Å². The van der Waals surface area contributed by atoms with Crippen molar-refractivity contribution in [1.82, 2.24) is 9.97 Å². The Morgan fingerprint density at radius 1 is 0.875 bits per heavy atom. The van der Waals surface area contributed by atoms with Gasteiger partial charge in [-0.3, -0.25) is 0 Å². The summed E-state index contributed by atoms with van der Waals surface area (Å²) in [6, 6.07) is 22.9. The molecule has 1 aliphatic heterocycles. The Bertz CT molecular complexity index is 1360. The van der Waals surface area contributed by atoms with Crippen LogP contribution in [-0.4, -0.2) is 27.7 Å². The number of nitrogens with two attached hydrogens (primary N) is 1. The normalized spacial score (nSPS) is 12.3. The molecule has 0 radical (unpaired) electrons. The van der Waals surface area contributed by atoms with E-state index < -0.39 is 0 Å². The highest BCUT2D eigenvalue weighted by Gasteiger charge is 2.18. The number of nitrogens with zero attached hydrogens (tertiary/aromatic N) is 2. The van der Waals surface area contributed by atoms with Crippen LogP contribution in [-0.2, 0) is 0 Å². The molecular formula is C26H24N4O2. The molecule has 1 aromatic heterocycles. The van der Waals surface area contributed by atoms with Crippen LogP contribution in [0.2, 0.25) is 0 Å². The number of aromatic nitrogens is 2. The van der Waals surface area contributed by atoms with Crippen LogP contribution in [0.1, 0.15) is 13.3 Å². The molecule has 0 spiro atoms. The molecule has 5 rings (SSSR count). The topological polar surface area (TPSA) is 97.2 Å². The number of benzene rings is 2. The number of anilines is 1. The number of hydrogen-bond acceptors (Lipinski definition) is 6. The number of rotatable bonds is 6. The first kappa shape index (κ1) is 20.0. The summed E-state index contributed by atoms with van der Waals surface area (Å²) in [4.78, 5) is 9.47. The lowest BCUT2D eigenvalue weighted by Gasteiger charge is -2.14. The molecule has 2 heterocycles. The SMILES string of the molecule is CC[C@@H](N)CNc1nc(-c2ccc3c(-c4ccccc4O)ccc-3o2)nc2ccccc12. The highest BCUT2D eigenvalue weighted by molar-refractivity contribution is 5.91. The van der Waals surface area contributed by atoms with Gasteiger partial charge in [0.05, 0.1) is 5.52 Å². The van der Waals surface area contributed by atoms with Crippen molar-refractivity contribution in [2.24, 2.45) is 5.73 Å². The quantitative estimate of drug-likeness (QED) is 0.332. The van der Waals surface area contributed by atoms with Gasteiger partial charge in [-0.15, -0.1) is 0 Å². The van der Waals surface area contributed by atoms with Crippen LogP contribution in [0, 0.1) is 0 Å². The maximum Gasteiger partial charge on any atom is 0.198 e. The van der Waals surface area contributed by atoms with Crippen LogP contribution in [0.15, 0.2) is 77.2 Å². The van der Waals surface area contributed by atoms with Gasteiger partial charge >= 0.3 is 0 Å². The van der Waals surface area contributed by atoms with Crippen molar-refractivity contribution in [3.63, 3.8) is 0 Å². The minimum Gasteiger partial charge on any atom is -0.507 e. The molecule has 1 atom stereocenters. The van der Waals surface area contributed by atoms with Crippen molar-refractivity contribution in [1.29, 1.82) is 0 Å². The molecule has 0 fully saturated rings. The third-order valence-electron chi connectivity index (χ3n) is 5.65. The van der Waals surface area contributed by atoms with Crippen molar-refractivity contribution in [2.75, 3.05) is 11.9 Å². The lowest BCUT2D eigenvalue weighted by molar-refractivity contribution is 0.477. The van der Waals surface area contributed by atoms with E-state index in [1.54, 1.807) is 6.07 Å². The van der Waals surface area contributed by atoms with E-state index in [9.17, 15) is 5.11 Å². The van der Waals surface area contributed by atoms with Crippen LogP contribution in [0.25, 0.3) is 44.9 Å². The standard InChI is InChI=1S/C26H24N4O2/c1-2-16(27)15-28-25-20-8-3-5-9-21(20)29-26(30-25)24-14-12-19-17(11-13-23(19)32-24)18-7-4-6-10-22(18)31/h3-14,16,31H,2,15,27H2,1H3,(H,28,29,30)/t16-/m1/s1. The highest BCUT2D eigenvalue weighted by atomic mass is 16.3. The van der Waals surface area contributed by atoms with Crippen LogP contribution in [0.3, 0.4) is 0 Å². The summed E-state index contributed by atoms with van der Waals surface area (Å²) >= 11 is 0. The molecule has 0 bridgehead atoms. The average molecular weight is 425 g/mol. The Morgan fingerprint density at radius 3 is 2.47 bits per heavy atom. The van der Waals surface area contributed by atoms with E-state index in [-0.39, 0.29) is 11.8 Å². The number of aromatic hydroxyl groups is 1. The fraction of sp³-hybridized carbons (Fsp3) is 0.154. The second-order valence-corrected chi connectivity index (χ2v) is 7.80.